The first-order valence-electron chi connectivity index (χ1n) is 8.74. The fourth-order valence-electron chi connectivity index (χ4n) is 4.21. The van der Waals surface area contributed by atoms with Gasteiger partial charge in [0.2, 0.25) is 0 Å². The standard InChI is InChI=1S/C19H27FN2O2/c1-13(2)14-4-5-15(17(20)8-14)9-22-11-16-10-21(3)7-6-19(16,12-22)18(23)24/h4-5,8,13,16H,6-7,9-12H2,1-3H3,(H,23,24)/t16-,19-/m0/s1. The van der Waals surface area contributed by atoms with Crippen LogP contribution in [0.25, 0.3) is 0 Å². The van der Waals surface area contributed by atoms with Gasteiger partial charge in [-0.1, -0.05) is 26.0 Å². The van der Waals surface area contributed by atoms with Crippen molar-refractivity contribution < 1.29 is 14.3 Å². The number of carbonyl (C=O) groups is 1. The molecular formula is C19H27FN2O2. The molecule has 1 N–H and O–H groups in total. The Bertz CT molecular complexity index is 634. The van der Waals surface area contributed by atoms with Gasteiger partial charge in [0.15, 0.2) is 0 Å². The number of benzene rings is 1. The molecule has 0 radical (unpaired) electrons. The maximum atomic E-state index is 14.4. The van der Waals surface area contributed by atoms with Crippen molar-refractivity contribution in [2.24, 2.45) is 11.3 Å². The van der Waals surface area contributed by atoms with Gasteiger partial charge in [-0.2, -0.15) is 0 Å². The fourth-order valence-corrected chi connectivity index (χ4v) is 4.21. The second-order valence-corrected chi connectivity index (χ2v) is 7.85. The summed E-state index contributed by atoms with van der Waals surface area (Å²) in [6.07, 6.45) is 0.675. The molecule has 1 aromatic carbocycles. The summed E-state index contributed by atoms with van der Waals surface area (Å²) < 4.78 is 14.4. The SMILES string of the molecule is CC(C)c1ccc(CN2C[C@@H]3CN(C)CC[C@]3(C(=O)O)C2)c(F)c1. The second-order valence-electron chi connectivity index (χ2n) is 7.85. The lowest BCUT2D eigenvalue weighted by molar-refractivity contribution is -0.153. The van der Waals surface area contributed by atoms with Crippen LogP contribution in [-0.2, 0) is 11.3 Å². The van der Waals surface area contributed by atoms with Gasteiger partial charge in [0.25, 0.3) is 0 Å². The normalized spacial score (nSPS) is 28.3. The Labute approximate surface area is 143 Å². The molecule has 5 heteroatoms. The van der Waals surface area contributed by atoms with E-state index in [1.54, 1.807) is 6.07 Å². The molecular weight excluding hydrogens is 307 g/mol. The number of piperidine rings is 1. The first-order chi connectivity index (χ1) is 11.3. The van der Waals surface area contributed by atoms with Gasteiger partial charge in [-0.3, -0.25) is 9.69 Å². The van der Waals surface area contributed by atoms with E-state index in [0.717, 1.165) is 25.2 Å². The number of carboxylic acid groups (broad SMARTS) is 1. The summed E-state index contributed by atoms with van der Waals surface area (Å²) in [4.78, 5) is 16.2. The molecule has 2 saturated heterocycles. The highest BCUT2D eigenvalue weighted by Gasteiger charge is 2.54. The summed E-state index contributed by atoms with van der Waals surface area (Å²) in [5, 5.41) is 9.80. The molecule has 2 heterocycles. The van der Waals surface area contributed by atoms with Crippen LogP contribution in [0.2, 0.25) is 0 Å². The molecule has 2 fully saturated rings. The lowest BCUT2D eigenvalue weighted by atomic mass is 9.73. The van der Waals surface area contributed by atoms with E-state index < -0.39 is 11.4 Å². The molecule has 0 aromatic heterocycles. The summed E-state index contributed by atoms with van der Waals surface area (Å²) in [7, 11) is 2.04. The largest absolute Gasteiger partial charge is 0.481 e. The van der Waals surface area contributed by atoms with Crippen LogP contribution in [0.1, 0.15) is 37.3 Å². The Balaban J connectivity index is 1.76. The van der Waals surface area contributed by atoms with Gasteiger partial charge in [-0.05, 0) is 37.6 Å². The number of hydrogen-bond acceptors (Lipinski definition) is 3. The van der Waals surface area contributed by atoms with Crippen LogP contribution in [0.4, 0.5) is 4.39 Å². The highest BCUT2D eigenvalue weighted by molar-refractivity contribution is 5.76. The fraction of sp³-hybridized carbons (Fsp3) is 0.632. The number of likely N-dealkylation sites (tertiary alicyclic amines) is 2. The van der Waals surface area contributed by atoms with Gasteiger partial charge in [0.1, 0.15) is 5.82 Å². The molecule has 0 amide bonds. The zero-order chi connectivity index (χ0) is 17.5. The summed E-state index contributed by atoms with van der Waals surface area (Å²) in [5.74, 6) is -0.461. The monoisotopic (exact) mass is 334 g/mol. The molecule has 4 nitrogen and oxygen atoms in total. The minimum atomic E-state index is -0.696. The van der Waals surface area contributed by atoms with Crippen molar-refractivity contribution in [3.05, 3.63) is 35.1 Å². The quantitative estimate of drug-likeness (QED) is 0.919. The number of aliphatic carboxylic acids is 1. The minimum absolute atomic E-state index is 0.117. The molecule has 0 unspecified atom stereocenters. The Morgan fingerprint density at radius 2 is 2.17 bits per heavy atom. The van der Waals surface area contributed by atoms with Crippen LogP contribution in [0, 0.1) is 17.2 Å². The molecule has 0 bridgehead atoms. The van der Waals surface area contributed by atoms with E-state index >= 15 is 0 Å². The van der Waals surface area contributed by atoms with Crippen molar-refractivity contribution in [1.82, 2.24) is 9.80 Å². The van der Waals surface area contributed by atoms with E-state index in [1.807, 2.05) is 33.0 Å². The van der Waals surface area contributed by atoms with E-state index in [4.69, 9.17) is 0 Å². The third kappa shape index (κ3) is 3.07. The highest BCUT2D eigenvalue weighted by Crippen LogP contribution is 2.43. The van der Waals surface area contributed by atoms with Crippen LogP contribution in [0.5, 0.6) is 0 Å². The maximum Gasteiger partial charge on any atom is 0.311 e. The number of halogens is 1. The molecule has 2 atom stereocenters. The summed E-state index contributed by atoms with van der Waals surface area (Å²) >= 11 is 0. The second kappa shape index (κ2) is 6.45. The molecule has 0 aliphatic carbocycles. The van der Waals surface area contributed by atoms with Gasteiger partial charge in [-0.15, -0.1) is 0 Å². The van der Waals surface area contributed by atoms with Gasteiger partial charge < -0.3 is 10.0 Å². The average Bonchev–Trinajstić information content (AvgIpc) is 2.87. The van der Waals surface area contributed by atoms with Gasteiger partial charge in [0.05, 0.1) is 5.41 Å². The number of nitrogens with zero attached hydrogens (tertiary/aromatic N) is 2. The number of hydrogen-bond donors (Lipinski definition) is 1. The number of fused-ring (bicyclic) bond motifs is 1. The Morgan fingerprint density at radius 3 is 2.79 bits per heavy atom. The van der Waals surface area contributed by atoms with Gasteiger partial charge >= 0.3 is 5.97 Å². The smallest absolute Gasteiger partial charge is 0.311 e. The lowest BCUT2D eigenvalue weighted by Crippen LogP contribution is -2.49. The summed E-state index contributed by atoms with van der Waals surface area (Å²) in [6, 6.07) is 5.45. The summed E-state index contributed by atoms with van der Waals surface area (Å²) in [6.45, 7) is 7.44. The van der Waals surface area contributed by atoms with Crippen LogP contribution in [-0.4, -0.2) is 54.1 Å². The average molecular weight is 334 g/mol. The predicted octanol–water partition coefficient (Wildman–Crippen LogP) is 2.79. The Kier molecular flexibility index (Phi) is 4.67. The first-order valence-corrected chi connectivity index (χ1v) is 8.74. The molecule has 0 spiro atoms. The van der Waals surface area contributed by atoms with Crippen LogP contribution >= 0.6 is 0 Å². The third-order valence-electron chi connectivity index (χ3n) is 5.80. The molecule has 0 saturated carbocycles. The minimum Gasteiger partial charge on any atom is -0.481 e. The predicted molar refractivity (Wildman–Crippen MR) is 91.4 cm³/mol. The highest BCUT2D eigenvalue weighted by atomic mass is 19.1. The van der Waals surface area contributed by atoms with Crippen LogP contribution in [0.3, 0.4) is 0 Å². The van der Waals surface area contributed by atoms with E-state index in [1.165, 1.54) is 0 Å². The number of carboxylic acids is 1. The zero-order valence-electron chi connectivity index (χ0n) is 14.8. The van der Waals surface area contributed by atoms with E-state index in [9.17, 15) is 14.3 Å². The zero-order valence-corrected chi connectivity index (χ0v) is 14.8. The molecule has 132 valence electrons. The van der Waals surface area contributed by atoms with Crippen molar-refractivity contribution in [2.45, 2.75) is 32.7 Å². The van der Waals surface area contributed by atoms with E-state index in [-0.39, 0.29) is 11.7 Å². The Morgan fingerprint density at radius 1 is 1.42 bits per heavy atom. The van der Waals surface area contributed by atoms with E-state index in [2.05, 4.69) is 9.80 Å². The maximum absolute atomic E-state index is 14.4. The number of rotatable bonds is 4. The molecule has 3 rings (SSSR count). The van der Waals surface area contributed by atoms with Crippen molar-refractivity contribution in [1.29, 1.82) is 0 Å². The lowest BCUT2D eigenvalue weighted by Gasteiger charge is -2.39. The molecule has 2 aliphatic heterocycles. The third-order valence-corrected chi connectivity index (χ3v) is 5.80. The summed E-state index contributed by atoms with van der Waals surface area (Å²) in [5.41, 5.74) is 0.989. The topological polar surface area (TPSA) is 43.8 Å². The van der Waals surface area contributed by atoms with Crippen molar-refractivity contribution in [3.8, 4) is 0 Å². The first kappa shape index (κ1) is 17.4. The van der Waals surface area contributed by atoms with Crippen molar-refractivity contribution in [2.75, 3.05) is 33.2 Å². The van der Waals surface area contributed by atoms with E-state index in [0.29, 0.717) is 31.0 Å². The molecule has 2 aliphatic rings. The van der Waals surface area contributed by atoms with Crippen LogP contribution in [0.15, 0.2) is 18.2 Å². The Hall–Kier alpha value is -1.46. The van der Waals surface area contributed by atoms with Crippen LogP contribution < -0.4 is 0 Å². The van der Waals surface area contributed by atoms with Crippen molar-refractivity contribution in [3.63, 3.8) is 0 Å². The molecule has 24 heavy (non-hydrogen) atoms. The van der Waals surface area contributed by atoms with Gasteiger partial charge in [0, 0.05) is 37.7 Å². The molecule has 1 aromatic rings. The van der Waals surface area contributed by atoms with Crippen molar-refractivity contribution >= 4 is 5.97 Å². The van der Waals surface area contributed by atoms with Gasteiger partial charge in [-0.25, -0.2) is 4.39 Å².